The van der Waals surface area contributed by atoms with Crippen LogP contribution in [0.2, 0.25) is 0 Å². The quantitative estimate of drug-likeness (QED) is 0.461. The Bertz CT molecular complexity index is 1170. The van der Waals surface area contributed by atoms with Crippen molar-refractivity contribution in [3.8, 4) is 5.75 Å². The van der Waals surface area contributed by atoms with Crippen LogP contribution in [-0.4, -0.2) is 56.7 Å². The molecule has 1 atom stereocenters. The van der Waals surface area contributed by atoms with E-state index in [2.05, 4.69) is 5.32 Å². The molecule has 9 nitrogen and oxygen atoms in total. The number of benzene rings is 2. The number of carbonyl (C=O) groups is 3. The fourth-order valence-corrected chi connectivity index (χ4v) is 5.19. The largest absolute Gasteiger partial charge is 0.495 e. The third kappa shape index (κ3) is 5.40. The minimum absolute atomic E-state index is 0.0302. The maximum atomic E-state index is 13.0. The molecule has 2 aromatic carbocycles. The van der Waals surface area contributed by atoms with Crippen molar-refractivity contribution < 1.29 is 32.3 Å². The normalized spacial score (nSPS) is 15.0. The summed E-state index contributed by atoms with van der Waals surface area (Å²) in [5, 5.41) is 2.58. The summed E-state index contributed by atoms with van der Waals surface area (Å²) in [6.45, 7) is 3.57. The molecular formula is C23H26N2O7S. The van der Waals surface area contributed by atoms with Crippen LogP contribution in [0.5, 0.6) is 5.75 Å². The van der Waals surface area contributed by atoms with Crippen LogP contribution in [0.4, 0.5) is 5.69 Å². The Morgan fingerprint density at radius 1 is 1.06 bits per heavy atom. The number of Topliss-reactive ketones (excluding diaryl/α,β-unsaturated/α-hetero) is 1. The number of nitrogens with one attached hydrogen (secondary N) is 1. The number of hydrogen-bond acceptors (Lipinski definition) is 7. The lowest BCUT2D eigenvalue weighted by molar-refractivity contribution is -0.123. The average Bonchev–Trinajstić information content (AvgIpc) is 3.34. The van der Waals surface area contributed by atoms with Crippen LogP contribution in [0.25, 0.3) is 0 Å². The molecule has 1 N–H and O–H groups in total. The molecule has 1 aliphatic heterocycles. The standard InChI is InChI=1S/C23H26N2O7S/c1-15(26)18-8-4-5-9-19(18)24-22(27)16(2)32-23(28)17-10-11-20(31-3)21(14-17)33(29,30)25-12-6-7-13-25/h4-5,8-11,14,16H,6-7,12-13H2,1-3H3,(H,24,27)/t16-/m0/s1. The lowest BCUT2D eigenvalue weighted by Crippen LogP contribution is -2.31. The van der Waals surface area contributed by atoms with Gasteiger partial charge in [-0.25, -0.2) is 13.2 Å². The van der Waals surface area contributed by atoms with Gasteiger partial charge < -0.3 is 14.8 Å². The van der Waals surface area contributed by atoms with Gasteiger partial charge in [-0.15, -0.1) is 0 Å². The molecule has 10 heteroatoms. The third-order valence-electron chi connectivity index (χ3n) is 5.30. The van der Waals surface area contributed by atoms with Gasteiger partial charge in [-0.2, -0.15) is 4.31 Å². The van der Waals surface area contributed by atoms with Crippen molar-refractivity contribution >= 4 is 33.4 Å². The van der Waals surface area contributed by atoms with Crippen molar-refractivity contribution in [3.63, 3.8) is 0 Å². The van der Waals surface area contributed by atoms with Gasteiger partial charge in [0.15, 0.2) is 11.9 Å². The zero-order chi connectivity index (χ0) is 24.2. The fourth-order valence-electron chi connectivity index (χ4n) is 3.49. The first-order valence-corrected chi connectivity index (χ1v) is 11.9. The maximum absolute atomic E-state index is 13.0. The SMILES string of the molecule is COc1ccc(C(=O)O[C@@H](C)C(=O)Nc2ccccc2C(C)=O)cc1S(=O)(=O)N1CCCC1. The highest BCUT2D eigenvalue weighted by Crippen LogP contribution is 2.30. The van der Waals surface area contributed by atoms with Crippen LogP contribution in [0.1, 0.15) is 47.4 Å². The Labute approximate surface area is 192 Å². The zero-order valence-electron chi connectivity index (χ0n) is 18.7. The molecule has 2 aromatic rings. The van der Waals surface area contributed by atoms with Gasteiger partial charge in [-0.05, 0) is 57.0 Å². The molecule has 3 rings (SSSR count). The van der Waals surface area contributed by atoms with Gasteiger partial charge in [-0.1, -0.05) is 12.1 Å². The molecule has 1 saturated heterocycles. The van der Waals surface area contributed by atoms with Gasteiger partial charge in [0.25, 0.3) is 5.91 Å². The monoisotopic (exact) mass is 474 g/mol. The number of amides is 1. The Morgan fingerprint density at radius 2 is 1.73 bits per heavy atom. The summed E-state index contributed by atoms with van der Waals surface area (Å²) >= 11 is 0. The summed E-state index contributed by atoms with van der Waals surface area (Å²) in [5.74, 6) is -1.60. The number of esters is 1. The van der Waals surface area contributed by atoms with Crippen LogP contribution in [-0.2, 0) is 19.6 Å². The number of methoxy groups -OCH3 is 1. The van der Waals surface area contributed by atoms with Gasteiger partial charge >= 0.3 is 5.97 Å². The van der Waals surface area contributed by atoms with Crippen LogP contribution >= 0.6 is 0 Å². The number of hydrogen-bond donors (Lipinski definition) is 1. The van der Waals surface area contributed by atoms with Crippen molar-refractivity contribution in [2.45, 2.75) is 37.7 Å². The summed E-state index contributed by atoms with van der Waals surface area (Å²) < 4.78 is 37.8. The van der Waals surface area contributed by atoms with Crippen LogP contribution in [0.15, 0.2) is 47.4 Å². The van der Waals surface area contributed by atoms with Crippen LogP contribution < -0.4 is 10.1 Å². The molecule has 0 radical (unpaired) electrons. The Kier molecular flexibility index (Phi) is 7.50. The summed E-state index contributed by atoms with van der Waals surface area (Å²) in [6, 6.07) is 10.4. The first-order valence-electron chi connectivity index (χ1n) is 10.4. The highest BCUT2D eigenvalue weighted by molar-refractivity contribution is 7.89. The minimum Gasteiger partial charge on any atom is -0.495 e. The Morgan fingerprint density at radius 3 is 2.36 bits per heavy atom. The molecule has 0 spiro atoms. The number of para-hydroxylation sites is 1. The highest BCUT2D eigenvalue weighted by atomic mass is 32.2. The van der Waals surface area contributed by atoms with Crippen molar-refractivity contribution in [1.82, 2.24) is 4.31 Å². The van der Waals surface area contributed by atoms with Gasteiger partial charge in [0.2, 0.25) is 10.0 Å². The molecule has 1 heterocycles. The second-order valence-corrected chi connectivity index (χ2v) is 9.52. The number of nitrogens with zero attached hydrogens (tertiary/aromatic N) is 1. The molecule has 176 valence electrons. The van der Waals surface area contributed by atoms with E-state index in [1.807, 2.05) is 0 Å². The summed E-state index contributed by atoms with van der Waals surface area (Å²) in [6.07, 6.45) is 0.337. The van der Waals surface area contributed by atoms with Crippen molar-refractivity contribution in [1.29, 1.82) is 0 Å². The predicted molar refractivity (Wildman–Crippen MR) is 121 cm³/mol. The average molecular weight is 475 g/mol. The molecule has 1 amide bonds. The first-order chi connectivity index (χ1) is 15.6. The minimum atomic E-state index is -3.85. The van der Waals surface area contributed by atoms with Crippen LogP contribution in [0.3, 0.4) is 0 Å². The summed E-state index contributed by atoms with van der Waals surface area (Å²) in [4.78, 5) is 36.8. The molecule has 33 heavy (non-hydrogen) atoms. The predicted octanol–water partition coefficient (Wildman–Crippen LogP) is 2.87. The van der Waals surface area contributed by atoms with Crippen molar-refractivity contribution in [2.75, 3.05) is 25.5 Å². The second-order valence-electron chi connectivity index (χ2n) is 7.62. The van der Waals surface area contributed by atoms with Crippen molar-refractivity contribution in [3.05, 3.63) is 53.6 Å². The van der Waals surface area contributed by atoms with E-state index in [1.54, 1.807) is 24.3 Å². The fraction of sp³-hybridized carbons (Fsp3) is 0.348. The van der Waals surface area contributed by atoms with E-state index >= 15 is 0 Å². The first kappa shape index (κ1) is 24.4. The molecule has 0 aromatic heterocycles. The number of anilines is 1. The molecule has 1 fully saturated rings. The topological polar surface area (TPSA) is 119 Å². The summed E-state index contributed by atoms with van der Waals surface area (Å²) in [5.41, 5.74) is 0.606. The number of carbonyl (C=O) groups excluding carboxylic acids is 3. The van der Waals surface area contributed by atoms with E-state index in [1.165, 1.54) is 43.5 Å². The molecule has 0 aliphatic carbocycles. The third-order valence-corrected chi connectivity index (χ3v) is 7.22. The van der Waals surface area contributed by atoms with E-state index in [4.69, 9.17) is 9.47 Å². The number of ether oxygens (including phenoxy) is 2. The maximum Gasteiger partial charge on any atom is 0.338 e. The smallest absolute Gasteiger partial charge is 0.338 e. The van der Waals surface area contributed by atoms with Crippen LogP contribution in [0, 0.1) is 0 Å². The van der Waals surface area contributed by atoms with Gasteiger partial charge in [-0.3, -0.25) is 9.59 Å². The molecular weight excluding hydrogens is 448 g/mol. The molecule has 1 aliphatic rings. The number of ketones is 1. The molecule has 0 saturated carbocycles. The zero-order valence-corrected chi connectivity index (χ0v) is 19.5. The van der Waals surface area contributed by atoms with Gasteiger partial charge in [0, 0.05) is 18.7 Å². The summed E-state index contributed by atoms with van der Waals surface area (Å²) in [7, 11) is -2.50. The van der Waals surface area contributed by atoms with E-state index in [9.17, 15) is 22.8 Å². The second kappa shape index (κ2) is 10.1. The van der Waals surface area contributed by atoms with E-state index < -0.39 is 28.0 Å². The lowest BCUT2D eigenvalue weighted by Gasteiger charge is -2.19. The van der Waals surface area contributed by atoms with E-state index in [0.29, 0.717) is 24.3 Å². The van der Waals surface area contributed by atoms with Gasteiger partial charge in [0.1, 0.15) is 10.6 Å². The highest BCUT2D eigenvalue weighted by Gasteiger charge is 2.31. The van der Waals surface area contributed by atoms with Gasteiger partial charge in [0.05, 0.1) is 18.4 Å². The number of rotatable bonds is 8. The molecule has 0 unspecified atom stereocenters. The Balaban J connectivity index is 1.77. The van der Waals surface area contributed by atoms with E-state index in [0.717, 1.165) is 12.8 Å². The van der Waals surface area contributed by atoms with Crippen molar-refractivity contribution in [2.24, 2.45) is 0 Å². The lowest BCUT2D eigenvalue weighted by atomic mass is 10.1. The van der Waals surface area contributed by atoms with E-state index in [-0.39, 0.29) is 22.0 Å². The Hall–Kier alpha value is -3.24. The number of sulfonamides is 1. The molecule has 0 bridgehead atoms.